The summed E-state index contributed by atoms with van der Waals surface area (Å²) in [6.07, 6.45) is 4.62. The minimum Gasteiger partial charge on any atom is -0.437 e. The molecule has 1 heterocycles. The number of rotatable bonds is 6. The Balaban J connectivity index is 1.63. The number of nitrogens with two attached hydrogens (primary N) is 1. The number of aliphatic hydroxyl groups is 1. The number of aromatic nitrogens is 1. The number of hydrogen-bond acceptors (Lipinski definition) is 4. The van der Waals surface area contributed by atoms with Crippen LogP contribution in [-0.4, -0.2) is 27.7 Å². The number of benzene rings is 2. The van der Waals surface area contributed by atoms with Crippen molar-refractivity contribution in [2.75, 3.05) is 5.32 Å². The minimum absolute atomic E-state index is 0.130. The third-order valence-corrected chi connectivity index (χ3v) is 5.37. The van der Waals surface area contributed by atoms with Crippen molar-refractivity contribution in [3.8, 4) is 17.3 Å². The molecule has 1 saturated carbocycles. The number of nitrogens with one attached hydrogen (secondary N) is 1. The molecule has 3 aromatic rings. The lowest BCUT2D eigenvalue weighted by Crippen LogP contribution is -2.29. The van der Waals surface area contributed by atoms with Crippen LogP contribution in [0.4, 0.5) is 10.1 Å². The molecule has 4 N–H and O–H groups in total. The van der Waals surface area contributed by atoms with E-state index in [4.69, 9.17) is 10.5 Å². The second kappa shape index (κ2) is 8.59. The second-order valence-corrected chi connectivity index (χ2v) is 7.49. The zero-order valence-electron chi connectivity index (χ0n) is 16.4. The van der Waals surface area contributed by atoms with E-state index in [2.05, 4.69) is 5.32 Å². The van der Waals surface area contributed by atoms with Crippen LogP contribution in [0.15, 0.2) is 60.8 Å². The molecule has 1 aliphatic carbocycles. The van der Waals surface area contributed by atoms with Crippen molar-refractivity contribution < 1.29 is 19.0 Å². The largest absolute Gasteiger partial charge is 0.437 e. The fourth-order valence-electron chi connectivity index (χ4n) is 3.76. The number of para-hydroxylation sites is 1. The van der Waals surface area contributed by atoms with Crippen molar-refractivity contribution in [1.29, 1.82) is 0 Å². The molecule has 2 aromatic carbocycles. The average molecular weight is 409 g/mol. The maximum Gasteiger partial charge on any atom is 0.250 e. The Kier molecular flexibility index (Phi) is 5.72. The topological polar surface area (TPSA) is 89.5 Å². The van der Waals surface area contributed by atoms with Crippen LogP contribution in [-0.2, 0) is 0 Å². The Bertz CT molecular complexity index is 1040. The van der Waals surface area contributed by atoms with Gasteiger partial charge in [0.1, 0.15) is 0 Å². The third kappa shape index (κ3) is 4.31. The van der Waals surface area contributed by atoms with Crippen molar-refractivity contribution in [1.82, 2.24) is 4.57 Å². The number of ether oxygens (including phenoxy) is 1. The van der Waals surface area contributed by atoms with Gasteiger partial charge in [0, 0.05) is 24.0 Å². The van der Waals surface area contributed by atoms with Crippen LogP contribution in [0.3, 0.4) is 0 Å². The number of halogens is 1. The van der Waals surface area contributed by atoms with Crippen molar-refractivity contribution in [2.45, 2.75) is 37.8 Å². The molecule has 0 aliphatic heterocycles. The molecular weight excluding hydrogens is 385 g/mol. The molecule has 0 atom stereocenters. The summed E-state index contributed by atoms with van der Waals surface area (Å²) < 4.78 is 21.5. The Morgan fingerprint density at radius 3 is 2.60 bits per heavy atom. The molecule has 156 valence electrons. The van der Waals surface area contributed by atoms with Crippen LogP contribution in [0, 0.1) is 5.82 Å². The summed E-state index contributed by atoms with van der Waals surface area (Å²) in [7, 11) is 0. The highest BCUT2D eigenvalue weighted by Crippen LogP contribution is 2.30. The van der Waals surface area contributed by atoms with Gasteiger partial charge in [-0.25, -0.2) is 4.39 Å². The first-order valence-electron chi connectivity index (χ1n) is 10.00. The summed E-state index contributed by atoms with van der Waals surface area (Å²) in [6.45, 7) is 0. The molecule has 0 unspecified atom stereocenters. The molecule has 1 aliphatic rings. The molecule has 0 bridgehead atoms. The molecule has 6 nitrogen and oxygen atoms in total. The van der Waals surface area contributed by atoms with Crippen LogP contribution in [0.5, 0.6) is 11.6 Å². The van der Waals surface area contributed by atoms with Crippen LogP contribution in [0.25, 0.3) is 5.69 Å². The standard InChI is InChI=1S/C23H24FN3O3/c24-19-4-1-2-5-21(19)30-22-6-3-13-27(22)16-9-12-18(23(25)29)20(14-16)26-15-7-10-17(28)11-8-15/h1-6,9,12-15,17,26,28H,7-8,10-11H2,(H2,25,29)/t15-,17-. The number of carbonyl (C=O) groups excluding carboxylic acids is 1. The Labute approximate surface area is 174 Å². The van der Waals surface area contributed by atoms with Gasteiger partial charge < -0.3 is 20.9 Å². The summed E-state index contributed by atoms with van der Waals surface area (Å²) in [5.41, 5.74) is 7.34. The first kappa shape index (κ1) is 20.0. The van der Waals surface area contributed by atoms with Crippen LogP contribution in [0.1, 0.15) is 36.0 Å². The molecule has 1 amide bonds. The molecule has 30 heavy (non-hydrogen) atoms. The van der Waals surface area contributed by atoms with Gasteiger partial charge in [0.2, 0.25) is 5.88 Å². The van der Waals surface area contributed by atoms with Crippen molar-refractivity contribution in [3.05, 3.63) is 72.2 Å². The summed E-state index contributed by atoms with van der Waals surface area (Å²) in [5.74, 6) is -0.393. The van der Waals surface area contributed by atoms with Gasteiger partial charge in [-0.2, -0.15) is 0 Å². The number of hydrogen-bond donors (Lipinski definition) is 3. The number of anilines is 1. The number of amides is 1. The number of primary amides is 1. The molecule has 1 fully saturated rings. The van der Waals surface area contributed by atoms with Crippen molar-refractivity contribution in [2.24, 2.45) is 5.73 Å². The van der Waals surface area contributed by atoms with E-state index in [0.717, 1.165) is 31.4 Å². The Morgan fingerprint density at radius 2 is 1.87 bits per heavy atom. The van der Waals surface area contributed by atoms with E-state index in [0.29, 0.717) is 17.1 Å². The summed E-state index contributed by atoms with van der Waals surface area (Å²) in [6, 6.07) is 15.2. The van der Waals surface area contributed by atoms with Gasteiger partial charge in [-0.3, -0.25) is 9.36 Å². The molecule has 0 spiro atoms. The van der Waals surface area contributed by atoms with Crippen LogP contribution >= 0.6 is 0 Å². The van der Waals surface area contributed by atoms with E-state index in [1.807, 2.05) is 6.07 Å². The van der Waals surface area contributed by atoms with E-state index in [9.17, 15) is 14.3 Å². The summed E-state index contributed by atoms with van der Waals surface area (Å²) >= 11 is 0. The maximum atomic E-state index is 14.0. The zero-order chi connectivity index (χ0) is 21.1. The summed E-state index contributed by atoms with van der Waals surface area (Å²) in [5, 5.41) is 13.1. The highest BCUT2D eigenvalue weighted by Gasteiger charge is 2.21. The maximum absolute atomic E-state index is 14.0. The number of aliphatic hydroxyl groups excluding tert-OH is 1. The molecular formula is C23H24FN3O3. The monoisotopic (exact) mass is 409 g/mol. The van der Waals surface area contributed by atoms with Crippen molar-refractivity contribution in [3.63, 3.8) is 0 Å². The van der Waals surface area contributed by atoms with Gasteiger partial charge in [-0.15, -0.1) is 0 Å². The van der Waals surface area contributed by atoms with Gasteiger partial charge in [-0.1, -0.05) is 12.1 Å². The Morgan fingerprint density at radius 1 is 1.10 bits per heavy atom. The van der Waals surface area contributed by atoms with E-state index >= 15 is 0 Å². The molecule has 1 aromatic heterocycles. The predicted octanol–water partition coefficient (Wildman–Crippen LogP) is 4.22. The highest BCUT2D eigenvalue weighted by atomic mass is 19.1. The van der Waals surface area contributed by atoms with Gasteiger partial charge in [0.05, 0.1) is 17.4 Å². The van der Waals surface area contributed by atoms with Crippen LogP contribution < -0.4 is 15.8 Å². The van der Waals surface area contributed by atoms with Crippen LogP contribution in [0.2, 0.25) is 0 Å². The van der Waals surface area contributed by atoms with Crippen molar-refractivity contribution >= 4 is 11.6 Å². The fraction of sp³-hybridized carbons (Fsp3) is 0.261. The molecule has 7 heteroatoms. The predicted molar refractivity (Wildman–Crippen MR) is 113 cm³/mol. The summed E-state index contributed by atoms with van der Waals surface area (Å²) in [4.78, 5) is 11.9. The number of carbonyl (C=O) groups is 1. The highest BCUT2D eigenvalue weighted by molar-refractivity contribution is 5.99. The fourth-order valence-corrected chi connectivity index (χ4v) is 3.76. The Hall–Kier alpha value is -3.32. The van der Waals surface area contributed by atoms with Gasteiger partial charge in [0.25, 0.3) is 5.91 Å². The smallest absolute Gasteiger partial charge is 0.250 e. The lowest BCUT2D eigenvalue weighted by atomic mass is 9.92. The lowest BCUT2D eigenvalue weighted by Gasteiger charge is -2.28. The number of nitrogens with zero attached hydrogens (tertiary/aromatic N) is 1. The van der Waals surface area contributed by atoms with Gasteiger partial charge in [-0.05, 0) is 62.1 Å². The second-order valence-electron chi connectivity index (χ2n) is 7.49. The van der Waals surface area contributed by atoms with E-state index in [1.165, 1.54) is 6.07 Å². The first-order valence-corrected chi connectivity index (χ1v) is 10.00. The normalized spacial score (nSPS) is 18.7. The lowest BCUT2D eigenvalue weighted by molar-refractivity contribution is 0.100. The van der Waals surface area contributed by atoms with E-state index in [1.54, 1.807) is 53.2 Å². The average Bonchev–Trinajstić information content (AvgIpc) is 3.19. The SMILES string of the molecule is NC(=O)c1ccc(-n2cccc2Oc2ccccc2F)cc1N[C@H]1CC[C@H](O)CC1. The zero-order valence-corrected chi connectivity index (χ0v) is 16.4. The molecule has 0 saturated heterocycles. The van der Waals surface area contributed by atoms with Gasteiger partial charge in [0.15, 0.2) is 11.6 Å². The molecule has 4 rings (SSSR count). The minimum atomic E-state index is -0.518. The first-order chi connectivity index (χ1) is 14.5. The quantitative estimate of drug-likeness (QED) is 0.569. The molecule has 0 radical (unpaired) electrons. The third-order valence-electron chi connectivity index (χ3n) is 5.37. The van der Waals surface area contributed by atoms with Gasteiger partial charge >= 0.3 is 0 Å². The van der Waals surface area contributed by atoms with E-state index < -0.39 is 11.7 Å². The van der Waals surface area contributed by atoms with E-state index in [-0.39, 0.29) is 17.9 Å².